The average Bonchev–Trinajstić information content (AvgIpc) is 2.16. The molecule has 1 aromatic carbocycles. The second-order valence-corrected chi connectivity index (χ2v) is 2.82. The topological polar surface area (TPSA) is 111 Å². The molecule has 0 aliphatic rings. The lowest BCUT2D eigenvalue weighted by Gasteiger charge is -1.91. The molecule has 1 aromatic rings. The van der Waals surface area contributed by atoms with Gasteiger partial charge in [-0.15, -0.1) is 0 Å². The highest BCUT2D eigenvalue weighted by atomic mass is 16.6. The molecule has 0 unspecified atom stereocenters. The molecule has 7 heteroatoms. The molecule has 84 valence electrons. The highest BCUT2D eigenvalue weighted by Gasteiger charge is 2.14. The number of hydrogen-bond donors (Lipinski definition) is 0. The maximum absolute atomic E-state index is 10.3. The van der Waals surface area contributed by atoms with Gasteiger partial charge in [-0.05, 0) is 13.8 Å². The van der Waals surface area contributed by atoms with Crippen LogP contribution in [0.3, 0.4) is 0 Å². The molecule has 0 amide bonds. The molecule has 7 nitrogen and oxygen atoms in total. The minimum absolute atomic E-state index is 0.0300. The van der Waals surface area contributed by atoms with Crippen LogP contribution < -0.4 is 5.11 Å². The molecule has 1 rings (SSSR count). The lowest BCUT2D eigenvalue weighted by Crippen LogP contribution is -2.16. The predicted molar refractivity (Wildman–Crippen MR) is 53.3 cm³/mol. The van der Waals surface area contributed by atoms with Crippen LogP contribution in [-0.2, 0) is 4.79 Å². The highest BCUT2D eigenvalue weighted by molar-refractivity contribution is 5.60. The van der Waals surface area contributed by atoms with Crippen LogP contribution >= 0.6 is 0 Å². The maximum atomic E-state index is 10.3. The van der Waals surface area contributed by atoms with Gasteiger partial charge in [0.15, 0.2) is 4.98 Å². The van der Waals surface area contributed by atoms with E-state index in [0.717, 1.165) is 6.92 Å². The van der Waals surface area contributed by atoms with Gasteiger partial charge in [0, 0.05) is 29.7 Å². The first-order valence-corrected chi connectivity index (χ1v) is 4.16. The number of diazo groups is 1. The van der Waals surface area contributed by atoms with Gasteiger partial charge in [-0.1, -0.05) is 0 Å². The fourth-order valence-electron chi connectivity index (χ4n) is 0.907. The van der Waals surface area contributed by atoms with Crippen molar-refractivity contribution in [3.05, 3.63) is 38.9 Å². The first-order valence-electron chi connectivity index (χ1n) is 4.16. The number of nitro benzene ring substituents is 1. The molecule has 0 atom stereocenters. The molecule has 0 aromatic heterocycles. The SMILES string of the molecule is CC(=O)[O-].Cc1cc([N+]#N)ccc1[N+](=O)[O-]. The van der Waals surface area contributed by atoms with Gasteiger partial charge in [-0.25, -0.2) is 0 Å². The molecule has 16 heavy (non-hydrogen) atoms. The number of nitro groups is 1. The van der Waals surface area contributed by atoms with Crippen molar-refractivity contribution in [3.8, 4) is 0 Å². The number of benzene rings is 1. The Morgan fingerprint density at radius 2 is 2.00 bits per heavy atom. The van der Waals surface area contributed by atoms with Crippen molar-refractivity contribution in [2.45, 2.75) is 13.8 Å². The van der Waals surface area contributed by atoms with Crippen LogP contribution in [0.25, 0.3) is 4.98 Å². The minimum Gasteiger partial charge on any atom is -0.550 e. The molecular weight excluding hydrogens is 214 g/mol. The van der Waals surface area contributed by atoms with Crippen molar-refractivity contribution in [2.75, 3.05) is 0 Å². The van der Waals surface area contributed by atoms with Crippen molar-refractivity contribution in [1.29, 1.82) is 5.39 Å². The quantitative estimate of drug-likeness (QED) is 0.402. The Balaban J connectivity index is 0.000000487. The van der Waals surface area contributed by atoms with Crippen LogP contribution in [-0.4, -0.2) is 10.9 Å². The van der Waals surface area contributed by atoms with Gasteiger partial charge in [0.2, 0.25) is 5.39 Å². The van der Waals surface area contributed by atoms with Gasteiger partial charge in [0.05, 0.1) is 4.92 Å². The lowest BCUT2D eigenvalue weighted by atomic mass is 10.2. The summed E-state index contributed by atoms with van der Waals surface area (Å²) in [5, 5.41) is 27.6. The Hall–Kier alpha value is -2.49. The van der Waals surface area contributed by atoms with E-state index in [4.69, 9.17) is 15.3 Å². The molecule has 0 heterocycles. The van der Waals surface area contributed by atoms with E-state index in [1.165, 1.54) is 18.2 Å². The molecule has 0 N–H and O–H groups in total. The summed E-state index contributed by atoms with van der Waals surface area (Å²) in [6.45, 7) is 2.56. The van der Waals surface area contributed by atoms with Crippen LogP contribution in [0.5, 0.6) is 0 Å². The molecule has 0 saturated carbocycles. The standard InChI is InChI=1S/C7H6N3O2.C2H4O2/c1-5-4-6(9-8)2-3-7(5)10(11)12;1-2(3)4/h2-4H,1H3;1H3,(H,3,4)/q+1;/p-1. The Kier molecular flexibility index (Phi) is 5.13. The van der Waals surface area contributed by atoms with Gasteiger partial charge in [-0.2, -0.15) is 0 Å². The summed E-state index contributed by atoms with van der Waals surface area (Å²) in [6, 6.07) is 4.13. The second-order valence-electron chi connectivity index (χ2n) is 2.82. The van der Waals surface area contributed by atoms with Crippen LogP contribution in [0.1, 0.15) is 12.5 Å². The summed E-state index contributed by atoms with van der Waals surface area (Å²) in [4.78, 5) is 21.7. The summed E-state index contributed by atoms with van der Waals surface area (Å²) in [6.07, 6.45) is 0. The lowest BCUT2D eigenvalue weighted by molar-refractivity contribution is -0.385. The monoisotopic (exact) mass is 223 g/mol. The summed E-state index contributed by atoms with van der Waals surface area (Å²) in [7, 11) is 0. The Morgan fingerprint density at radius 1 is 1.50 bits per heavy atom. The number of hydrogen-bond acceptors (Lipinski definition) is 5. The van der Waals surface area contributed by atoms with Gasteiger partial charge in [-0.3, -0.25) is 10.1 Å². The van der Waals surface area contributed by atoms with Crippen LogP contribution in [0.15, 0.2) is 18.2 Å². The summed E-state index contributed by atoms with van der Waals surface area (Å²) in [5.41, 5.74) is 0.829. The van der Waals surface area contributed by atoms with E-state index in [1.54, 1.807) is 6.92 Å². The van der Waals surface area contributed by atoms with Crippen molar-refractivity contribution in [3.63, 3.8) is 0 Å². The molecular formula is C9H9N3O4. The van der Waals surface area contributed by atoms with E-state index in [0.29, 0.717) is 11.3 Å². The minimum atomic E-state index is -1.08. The molecule has 0 aliphatic heterocycles. The molecule has 0 radical (unpaired) electrons. The van der Waals surface area contributed by atoms with Gasteiger partial charge < -0.3 is 9.90 Å². The van der Waals surface area contributed by atoms with Crippen molar-refractivity contribution < 1.29 is 14.8 Å². The Labute approximate surface area is 91.1 Å². The number of aliphatic carboxylic acids is 1. The summed E-state index contributed by atoms with van der Waals surface area (Å²) < 4.78 is 0. The Morgan fingerprint density at radius 3 is 2.31 bits per heavy atom. The first-order chi connectivity index (χ1) is 7.38. The van der Waals surface area contributed by atoms with Crippen molar-refractivity contribution in [2.24, 2.45) is 0 Å². The number of aryl methyl sites for hydroxylation is 1. The molecule has 0 bridgehead atoms. The zero-order valence-electron chi connectivity index (χ0n) is 8.71. The van der Waals surface area contributed by atoms with Crippen LogP contribution in [0.4, 0.5) is 11.4 Å². The van der Waals surface area contributed by atoms with E-state index in [2.05, 4.69) is 4.98 Å². The molecule has 0 fully saturated rings. The number of carboxylic acid groups (broad SMARTS) is 1. The normalized spacial score (nSPS) is 8.31. The first kappa shape index (κ1) is 13.5. The van der Waals surface area contributed by atoms with E-state index >= 15 is 0 Å². The smallest absolute Gasteiger partial charge is 0.385 e. The van der Waals surface area contributed by atoms with Gasteiger partial charge >= 0.3 is 5.69 Å². The van der Waals surface area contributed by atoms with Crippen molar-refractivity contribution in [1.82, 2.24) is 0 Å². The zero-order chi connectivity index (χ0) is 12.7. The van der Waals surface area contributed by atoms with Gasteiger partial charge in [0.1, 0.15) is 0 Å². The van der Waals surface area contributed by atoms with Crippen LogP contribution in [0, 0.1) is 22.4 Å². The third kappa shape index (κ3) is 4.66. The number of carbonyl (C=O) groups is 1. The van der Waals surface area contributed by atoms with E-state index in [9.17, 15) is 10.1 Å². The second kappa shape index (κ2) is 6.08. The number of carboxylic acids is 1. The maximum Gasteiger partial charge on any atom is 0.385 e. The number of carbonyl (C=O) groups excluding carboxylic acids is 1. The van der Waals surface area contributed by atoms with Gasteiger partial charge in [0.25, 0.3) is 5.69 Å². The Bertz CT molecular complexity index is 447. The fourth-order valence-corrected chi connectivity index (χ4v) is 0.907. The van der Waals surface area contributed by atoms with E-state index in [1.807, 2.05) is 0 Å². The molecule has 0 spiro atoms. The van der Waals surface area contributed by atoms with E-state index < -0.39 is 10.9 Å². The largest absolute Gasteiger partial charge is 0.550 e. The molecule has 0 aliphatic carbocycles. The number of rotatable bonds is 1. The highest BCUT2D eigenvalue weighted by Crippen LogP contribution is 2.22. The average molecular weight is 223 g/mol. The third-order valence-electron chi connectivity index (χ3n) is 1.49. The fraction of sp³-hybridized carbons (Fsp3) is 0.222. The third-order valence-corrected chi connectivity index (χ3v) is 1.49. The van der Waals surface area contributed by atoms with Crippen LogP contribution in [0.2, 0.25) is 0 Å². The van der Waals surface area contributed by atoms with Crippen molar-refractivity contribution >= 4 is 17.3 Å². The molecule has 0 saturated heterocycles. The summed E-state index contributed by atoms with van der Waals surface area (Å²) >= 11 is 0. The predicted octanol–water partition coefficient (Wildman–Crippen LogP) is 1.14. The number of nitrogens with zero attached hydrogens (tertiary/aromatic N) is 3. The summed E-state index contributed by atoms with van der Waals surface area (Å²) in [5.74, 6) is -1.08. The zero-order valence-corrected chi connectivity index (χ0v) is 8.71. The van der Waals surface area contributed by atoms with E-state index in [-0.39, 0.29) is 5.69 Å².